The third-order valence-electron chi connectivity index (χ3n) is 4.52. The normalized spacial score (nSPS) is 15.4. The third-order valence-corrected chi connectivity index (χ3v) is 5.53. The minimum atomic E-state index is -1.11. The summed E-state index contributed by atoms with van der Waals surface area (Å²) in [6.45, 7) is 3.40. The van der Waals surface area contributed by atoms with Gasteiger partial charge in [0, 0.05) is 6.54 Å². The quantitative estimate of drug-likeness (QED) is 0.304. The topological polar surface area (TPSA) is 118 Å². The highest BCUT2D eigenvalue weighted by Gasteiger charge is 2.33. The Bertz CT molecular complexity index is 1150. The van der Waals surface area contributed by atoms with Gasteiger partial charge in [-0.05, 0) is 41.1 Å². The molecule has 0 aromatic heterocycles. The number of hydrogen-bond acceptors (Lipinski definition) is 7. The van der Waals surface area contributed by atoms with Crippen LogP contribution in [0.25, 0.3) is 6.08 Å². The van der Waals surface area contributed by atoms with Gasteiger partial charge in [-0.3, -0.25) is 14.5 Å². The molecule has 0 bridgehead atoms. The maximum atomic E-state index is 12.9. The van der Waals surface area contributed by atoms with Crippen LogP contribution in [0.3, 0.4) is 0 Å². The predicted molar refractivity (Wildman–Crippen MR) is 129 cm³/mol. The van der Waals surface area contributed by atoms with Crippen LogP contribution in [-0.2, 0) is 20.8 Å². The second-order valence-electron chi connectivity index (χ2n) is 7.00. The zero-order chi connectivity index (χ0) is 24.5. The van der Waals surface area contributed by atoms with Gasteiger partial charge in [-0.15, -0.1) is 11.7 Å². The number of hydrazone groups is 1. The summed E-state index contributed by atoms with van der Waals surface area (Å²) >= 11 is 1.12. The molecule has 3 rings (SSSR count). The van der Waals surface area contributed by atoms with Gasteiger partial charge >= 0.3 is 5.97 Å². The number of nitrogens with zero attached hydrogens (tertiary/aromatic N) is 2. The number of hydrogen-bond donors (Lipinski definition) is 2. The number of carboxylic acids is 1. The van der Waals surface area contributed by atoms with Crippen LogP contribution in [0, 0.1) is 0 Å². The van der Waals surface area contributed by atoms with Crippen LogP contribution in [0.5, 0.6) is 11.5 Å². The van der Waals surface area contributed by atoms with Crippen molar-refractivity contribution >= 4 is 40.8 Å². The van der Waals surface area contributed by atoms with Crippen LogP contribution in [0.4, 0.5) is 0 Å². The molecule has 2 aromatic rings. The molecule has 2 N–H and O–H groups in total. The van der Waals surface area contributed by atoms with E-state index in [4.69, 9.17) is 14.6 Å². The fourth-order valence-corrected chi connectivity index (χ4v) is 3.94. The molecule has 1 heterocycles. The van der Waals surface area contributed by atoms with Crippen LogP contribution in [-0.4, -0.2) is 53.2 Å². The second kappa shape index (κ2) is 11.7. The number of ether oxygens (including phenoxy) is 2. The number of carbonyl (C=O) groups is 3. The van der Waals surface area contributed by atoms with Crippen molar-refractivity contribution < 1.29 is 29.0 Å². The molecule has 1 fully saturated rings. The van der Waals surface area contributed by atoms with Crippen LogP contribution in [0.2, 0.25) is 0 Å². The second-order valence-corrected chi connectivity index (χ2v) is 8.01. The van der Waals surface area contributed by atoms with E-state index in [0.29, 0.717) is 21.4 Å². The molecule has 10 heteroatoms. The molecule has 1 aliphatic rings. The van der Waals surface area contributed by atoms with Gasteiger partial charge in [-0.2, -0.15) is 0 Å². The number of carboxylic acid groups (broad SMARTS) is 1. The lowest BCUT2D eigenvalue weighted by Crippen LogP contribution is -2.31. The van der Waals surface area contributed by atoms with Crippen LogP contribution >= 0.6 is 11.8 Å². The molecule has 0 atom stereocenters. The fourth-order valence-electron chi connectivity index (χ4n) is 3.00. The highest BCUT2D eigenvalue weighted by molar-refractivity contribution is 8.18. The van der Waals surface area contributed by atoms with E-state index >= 15 is 0 Å². The molecule has 9 nitrogen and oxygen atoms in total. The number of benzene rings is 2. The van der Waals surface area contributed by atoms with E-state index in [1.807, 2.05) is 30.3 Å². The highest BCUT2D eigenvalue weighted by Crippen LogP contribution is 2.34. The first-order valence-electron chi connectivity index (χ1n) is 10.2. The molecule has 2 aromatic carbocycles. The smallest absolute Gasteiger partial charge is 0.341 e. The third kappa shape index (κ3) is 6.48. The highest BCUT2D eigenvalue weighted by atomic mass is 32.2. The SMILES string of the molecule is C=CCN1C(=O)C(=Cc2ccc(OCC(=O)O)c(OC)c2)SC1=NNC(=O)Cc1ccccc1. The first kappa shape index (κ1) is 24.6. The zero-order valence-corrected chi connectivity index (χ0v) is 19.2. The van der Waals surface area contributed by atoms with Crippen LogP contribution in [0.15, 0.2) is 71.2 Å². The number of amidine groups is 1. The lowest BCUT2D eigenvalue weighted by atomic mass is 10.1. The molecule has 0 aliphatic carbocycles. The van der Waals surface area contributed by atoms with Crippen molar-refractivity contribution in [3.05, 3.63) is 77.2 Å². The van der Waals surface area contributed by atoms with Crippen molar-refractivity contribution in [2.24, 2.45) is 5.10 Å². The van der Waals surface area contributed by atoms with E-state index in [1.165, 1.54) is 12.0 Å². The van der Waals surface area contributed by atoms with E-state index in [2.05, 4.69) is 17.1 Å². The number of methoxy groups -OCH3 is 1. The molecule has 0 spiro atoms. The van der Waals surface area contributed by atoms with Crippen LogP contribution < -0.4 is 14.9 Å². The monoisotopic (exact) mass is 481 g/mol. The van der Waals surface area contributed by atoms with Gasteiger partial charge in [0.15, 0.2) is 23.3 Å². The summed E-state index contributed by atoms with van der Waals surface area (Å²) in [6.07, 6.45) is 3.39. The summed E-state index contributed by atoms with van der Waals surface area (Å²) in [5, 5.41) is 13.3. The van der Waals surface area contributed by atoms with E-state index in [-0.39, 0.29) is 30.5 Å². The average molecular weight is 482 g/mol. The lowest BCUT2D eigenvalue weighted by molar-refractivity contribution is -0.139. The first-order valence-corrected chi connectivity index (χ1v) is 11.0. The summed E-state index contributed by atoms with van der Waals surface area (Å²) in [7, 11) is 1.43. The van der Waals surface area contributed by atoms with Gasteiger partial charge in [0.25, 0.3) is 5.91 Å². The molecule has 176 valence electrons. The number of aliphatic carboxylic acids is 1. The van der Waals surface area contributed by atoms with Crippen molar-refractivity contribution in [1.82, 2.24) is 10.3 Å². The Morgan fingerprint density at radius 1 is 1.21 bits per heavy atom. The molecular weight excluding hydrogens is 458 g/mol. The van der Waals surface area contributed by atoms with Gasteiger partial charge in [0.1, 0.15) is 0 Å². The number of carbonyl (C=O) groups excluding carboxylic acids is 2. The molecule has 34 heavy (non-hydrogen) atoms. The largest absolute Gasteiger partial charge is 0.493 e. The molecule has 1 saturated heterocycles. The Morgan fingerprint density at radius 2 is 1.97 bits per heavy atom. The summed E-state index contributed by atoms with van der Waals surface area (Å²) in [6, 6.07) is 14.1. The van der Waals surface area contributed by atoms with Crippen molar-refractivity contribution in [2.45, 2.75) is 6.42 Å². The Labute approximate surface area is 200 Å². The number of rotatable bonds is 10. The van der Waals surface area contributed by atoms with Gasteiger partial charge in [-0.25, -0.2) is 10.2 Å². The Morgan fingerprint density at radius 3 is 2.65 bits per heavy atom. The van der Waals surface area contributed by atoms with Gasteiger partial charge in [-0.1, -0.05) is 42.5 Å². The summed E-state index contributed by atoms with van der Waals surface area (Å²) in [4.78, 5) is 37.7. The van der Waals surface area contributed by atoms with E-state index in [1.54, 1.807) is 30.4 Å². The molecular formula is C24H23N3O6S. The molecule has 2 amide bonds. The minimum Gasteiger partial charge on any atom is -0.493 e. The minimum absolute atomic E-state index is 0.163. The van der Waals surface area contributed by atoms with Crippen molar-refractivity contribution in [3.63, 3.8) is 0 Å². The lowest BCUT2D eigenvalue weighted by Gasteiger charge is -2.12. The van der Waals surface area contributed by atoms with Gasteiger partial charge < -0.3 is 14.6 Å². The number of amides is 2. The van der Waals surface area contributed by atoms with Crippen molar-refractivity contribution in [2.75, 3.05) is 20.3 Å². The number of thioether (sulfide) groups is 1. The van der Waals surface area contributed by atoms with E-state index in [0.717, 1.165) is 17.3 Å². The van der Waals surface area contributed by atoms with E-state index < -0.39 is 12.6 Å². The molecule has 0 radical (unpaired) electrons. The molecule has 0 saturated carbocycles. The Kier molecular flexibility index (Phi) is 8.47. The predicted octanol–water partition coefficient (Wildman–Crippen LogP) is 2.89. The summed E-state index contributed by atoms with van der Waals surface area (Å²) < 4.78 is 10.5. The van der Waals surface area contributed by atoms with Gasteiger partial charge in [0.05, 0.1) is 18.4 Å². The summed E-state index contributed by atoms with van der Waals surface area (Å²) in [5.41, 5.74) is 4.00. The molecule has 1 aliphatic heterocycles. The average Bonchev–Trinajstić information content (AvgIpc) is 3.11. The van der Waals surface area contributed by atoms with Crippen molar-refractivity contribution in [3.8, 4) is 11.5 Å². The Balaban J connectivity index is 1.77. The van der Waals surface area contributed by atoms with Gasteiger partial charge in [0.2, 0.25) is 5.91 Å². The maximum Gasteiger partial charge on any atom is 0.341 e. The van der Waals surface area contributed by atoms with Crippen molar-refractivity contribution in [1.29, 1.82) is 0 Å². The van der Waals surface area contributed by atoms with E-state index in [9.17, 15) is 14.4 Å². The molecule has 0 unspecified atom stereocenters. The number of nitrogens with one attached hydrogen (secondary N) is 1. The maximum absolute atomic E-state index is 12.9. The first-order chi connectivity index (χ1) is 16.4. The zero-order valence-electron chi connectivity index (χ0n) is 18.4. The Hall–Kier alpha value is -4.05. The standard InChI is InChI=1S/C24H23N3O6S/c1-3-11-27-23(31)20(13-17-9-10-18(19(12-17)32-2)33-15-22(29)30)34-24(27)26-25-21(28)14-16-7-5-4-6-8-16/h3-10,12-13H,1,11,14-15H2,2H3,(H,25,28)(H,29,30). The summed E-state index contributed by atoms with van der Waals surface area (Å²) in [5.74, 6) is -1.09. The fraction of sp³-hybridized carbons (Fsp3) is 0.167. The van der Waals surface area contributed by atoms with Crippen LogP contribution in [0.1, 0.15) is 11.1 Å².